The van der Waals surface area contributed by atoms with Crippen LogP contribution in [0.2, 0.25) is 0 Å². The Bertz CT molecular complexity index is 546. The molecule has 0 atom stereocenters. The topological polar surface area (TPSA) is 61.9 Å². The first-order valence-electron chi connectivity index (χ1n) is 8.40. The lowest BCUT2D eigenvalue weighted by Crippen LogP contribution is -2.54. The highest BCUT2D eigenvalue weighted by Crippen LogP contribution is 2.12. The third-order valence-electron chi connectivity index (χ3n) is 3.75. The van der Waals surface area contributed by atoms with Gasteiger partial charge in [0.15, 0.2) is 0 Å². The number of rotatable bonds is 3. The summed E-state index contributed by atoms with van der Waals surface area (Å²) in [6.45, 7) is 8.20. The zero-order valence-electron chi connectivity index (χ0n) is 14.7. The summed E-state index contributed by atoms with van der Waals surface area (Å²) in [6, 6.07) is 9.99. The van der Waals surface area contributed by atoms with Gasteiger partial charge >= 0.3 is 12.1 Å². The number of ether oxygens (including phenoxy) is 1. The van der Waals surface area contributed by atoms with E-state index in [1.165, 1.54) is 5.56 Å². The molecule has 1 heterocycles. The number of hydrogen-bond donors (Lipinski definition) is 1. The molecule has 132 valence electrons. The Balaban J connectivity index is 1.70. The molecule has 0 bridgehead atoms. The zero-order chi connectivity index (χ0) is 17.6. The molecule has 6 nitrogen and oxygen atoms in total. The molecule has 0 radical (unpaired) electrons. The van der Waals surface area contributed by atoms with E-state index in [1.54, 1.807) is 9.80 Å². The number of carbonyl (C=O) groups is 2. The molecule has 0 unspecified atom stereocenters. The fraction of sp³-hybridized carbons (Fsp3) is 0.556. The highest BCUT2D eigenvalue weighted by Gasteiger charge is 2.27. The van der Waals surface area contributed by atoms with Gasteiger partial charge < -0.3 is 19.9 Å². The van der Waals surface area contributed by atoms with Crippen molar-refractivity contribution in [1.29, 1.82) is 0 Å². The van der Waals surface area contributed by atoms with Gasteiger partial charge in [-0.3, -0.25) is 0 Å². The Hall–Kier alpha value is -2.24. The molecular weight excluding hydrogens is 306 g/mol. The summed E-state index contributed by atoms with van der Waals surface area (Å²) in [5, 5.41) is 2.94. The average Bonchev–Trinajstić information content (AvgIpc) is 2.54. The lowest BCUT2D eigenvalue weighted by Gasteiger charge is -2.35. The predicted octanol–water partition coefficient (Wildman–Crippen LogP) is 2.49. The Morgan fingerprint density at radius 2 is 1.62 bits per heavy atom. The van der Waals surface area contributed by atoms with E-state index in [0.717, 1.165) is 6.42 Å². The number of urea groups is 1. The molecule has 3 amide bonds. The number of piperazine rings is 1. The summed E-state index contributed by atoms with van der Waals surface area (Å²) in [4.78, 5) is 27.6. The second kappa shape index (κ2) is 8.04. The molecular formula is C18H27N3O3. The summed E-state index contributed by atoms with van der Waals surface area (Å²) in [5.41, 5.74) is 0.704. The molecule has 1 aliphatic rings. The number of nitrogens with one attached hydrogen (secondary N) is 1. The van der Waals surface area contributed by atoms with Gasteiger partial charge in [0.25, 0.3) is 0 Å². The van der Waals surface area contributed by atoms with Crippen LogP contribution in [0.4, 0.5) is 9.59 Å². The molecule has 1 aromatic carbocycles. The second-order valence-corrected chi connectivity index (χ2v) is 6.92. The van der Waals surface area contributed by atoms with Crippen molar-refractivity contribution in [3.05, 3.63) is 35.9 Å². The fourth-order valence-electron chi connectivity index (χ4n) is 2.49. The standard InChI is InChI=1S/C18H27N3O3/c1-18(2,3)24-17(23)21-13-11-20(12-14-21)16(22)19-10-9-15-7-5-4-6-8-15/h4-8H,9-14H2,1-3H3,(H,19,22). The van der Waals surface area contributed by atoms with Gasteiger partial charge in [-0.15, -0.1) is 0 Å². The number of nitrogens with zero attached hydrogens (tertiary/aromatic N) is 2. The normalized spacial score (nSPS) is 15.1. The van der Waals surface area contributed by atoms with Crippen LogP contribution >= 0.6 is 0 Å². The number of carbonyl (C=O) groups excluding carboxylic acids is 2. The van der Waals surface area contributed by atoms with E-state index in [4.69, 9.17) is 4.74 Å². The van der Waals surface area contributed by atoms with Gasteiger partial charge in [-0.2, -0.15) is 0 Å². The first-order chi connectivity index (χ1) is 11.3. The van der Waals surface area contributed by atoms with E-state index in [9.17, 15) is 9.59 Å². The monoisotopic (exact) mass is 333 g/mol. The minimum atomic E-state index is -0.497. The van der Waals surface area contributed by atoms with Crippen molar-refractivity contribution in [2.45, 2.75) is 32.8 Å². The predicted molar refractivity (Wildman–Crippen MR) is 92.9 cm³/mol. The fourth-order valence-corrected chi connectivity index (χ4v) is 2.49. The molecule has 2 rings (SSSR count). The molecule has 0 saturated carbocycles. The van der Waals surface area contributed by atoms with Crippen LogP contribution in [0.3, 0.4) is 0 Å². The van der Waals surface area contributed by atoms with Crippen LogP contribution in [0.15, 0.2) is 30.3 Å². The molecule has 1 N–H and O–H groups in total. The van der Waals surface area contributed by atoms with Gasteiger partial charge in [-0.05, 0) is 32.8 Å². The smallest absolute Gasteiger partial charge is 0.410 e. The van der Waals surface area contributed by atoms with E-state index in [-0.39, 0.29) is 12.1 Å². The quantitative estimate of drug-likeness (QED) is 0.924. The third-order valence-corrected chi connectivity index (χ3v) is 3.75. The van der Waals surface area contributed by atoms with Crippen molar-refractivity contribution in [3.63, 3.8) is 0 Å². The van der Waals surface area contributed by atoms with E-state index >= 15 is 0 Å². The van der Waals surface area contributed by atoms with Crippen LogP contribution in [-0.4, -0.2) is 60.2 Å². The highest BCUT2D eigenvalue weighted by molar-refractivity contribution is 5.75. The van der Waals surface area contributed by atoms with Crippen LogP contribution in [0, 0.1) is 0 Å². The molecule has 24 heavy (non-hydrogen) atoms. The molecule has 1 saturated heterocycles. The summed E-state index contributed by atoms with van der Waals surface area (Å²) in [7, 11) is 0. The molecule has 1 aliphatic heterocycles. The van der Waals surface area contributed by atoms with Gasteiger partial charge in [-0.1, -0.05) is 30.3 Å². The first-order valence-corrected chi connectivity index (χ1v) is 8.40. The summed E-state index contributed by atoms with van der Waals surface area (Å²) in [6.07, 6.45) is 0.497. The largest absolute Gasteiger partial charge is 0.444 e. The van der Waals surface area contributed by atoms with Gasteiger partial charge in [-0.25, -0.2) is 9.59 Å². The molecule has 0 aliphatic carbocycles. The van der Waals surface area contributed by atoms with E-state index in [1.807, 2.05) is 51.1 Å². The Kier molecular flexibility index (Phi) is 6.06. The van der Waals surface area contributed by atoms with Crippen molar-refractivity contribution < 1.29 is 14.3 Å². The minimum absolute atomic E-state index is 0.0743. The van der Waals surface area contributed by atoms with Crippen molar-refractivity contribution in [2.24, 2.45) is 0 Å². The van der Waals surface area contributed by atoms with Crippen molar-refractivity contribution >= 4 is 12.1 Å². The maximum Gasteiger partial charge on any atom is 0.410 e. The molecule has 6 heteroatoms. The maximum atomic E-state index is 12.2. The van der Waals surface area contributed by atoms with Crippen LogP contribution in [0.1, 0.15) is 26.3 Å². The Morgan fingerprint density at radius 3 is 2.21 bits per heavy atom. The third kappa shape index (κ3) is 5.76. The van der Waals surface area contributed by atoms with Gasteiger partial charge in [0.1, 0.15) is 5.60 Å². The van der Waals surface area contributed by atoms with Crippen LogP contribution in [-0.2, 0) is 11.2 Å². The van der Waals surface area contributed by atoms with Crippen LogP contribution in [0.25, 0.3) is 0 Å². The van der Waals surface area contributed by atoms with Gasteiger partial charge in [0, 0.05) is 32.7 Å². The summed E-state index contributed by atoms with van der Waals surface area (Å²) in [5.74, 6) is 0. The van der Waals surface area contributed by atoms with Gasteiger partial charge in [0.2, 0.25) is 0 Å². The lowest BCUT2D eigenvalue weighted by molar-refractivity contribution is 0.0170. The summed E-state index contributed by atoms with van der Waals surface area (Å²) < 4.78 is 5.35. The SMILES string of the molecule is CC(C)(C)OC(=O)N1CCN(C(=O)NCCc2ccccc2)CC1. The summed E-state index contributed by atoms with van der Waals surface area (Å²) >= 11 is 0. The lowest BCUT2D eigenvalue weighted by atomic mass is 10.1. The first kappa shape index (κ1) is 18.1. The van der Waals surface area contributed by atoms with Crippen molar-refractivity contribution in [1.82, 2.24) is 15.1 Å². The highest BCUT2D eigenvalue weighted by atomic mass is 16.6. The Morgan fingerprint density at radius 1 is 1.04 bits per heavy atom. The van der Waals surface area contributed by atoms with Gasteiger partial charge in [0.05, 0.1) is 0 Å². The zero-order valence-corrected chi connectivity index (χ0v) is 14.7. The minimum Gasteiger partial charge on any atom is -0.444 e. The number of hydrogen-bond acceptors (Lipinski definition) is 3. The number of amides is 3. The van der Waals surface area contributed by atoms with Crippen molar-refractivity contribution in [3.8, 4) is 0 Å². The molecule has 0 spiro atoms. The molecule has 1 aromatic rings. The van der Waals surface area contributed by atoms with Crippen molar-refractivity contribution in [2.75, 3.05) is 32.7 Å². The second-order valence-electron chi connectivity index (χ2n) is 6.92. The van der Waals surface area contributed by atoms with E-state index in [0.29, 0.717) is 32.7 Å². The maximum absolute atomic E-state index is 12.2. The average molecular weight is 333 g/mol. The van der Waals surface area contributed by atoms with Crippen LogP contribution in [0.5, 0.6) is 0 Å². The van der Waals surface area contributed by atoms with Crippen LogP contribution < -0.4 is 5.32 Å². The molecule has 0 aromatic heterocycles. The Labute approximate surface area is 143 Å². The van der Waals surface area contributed by atoms with E-state index in [2.05, 4.69) is 5.32 Å². The number of benzene rings is 1. The van der Waals surface area contributed by atoms with E-state index < -0.39 is 5.60 Å². The molecule has 1 fully saturated rings.